The first kappa shape index (κ1) is 10.5. The van der Waals surface area contributed by atoms with Gasteiger partial charge in [-0.15, -0.1) is 0 Å². The van der Waals surface area contributed by atoms with Gasteiger partial charge in [-0.3, -0.25) is 0 Å². The Kier molecular flexibility index (Phi) is 2.98. The largest absolute Gasteiger partial charge is 0.358 e. The second-order valence-electron chi connectivity index (χ2n) is 4.04. The molecular weight excluding hydrogens is 208 g/mol. The molecule has 0 amide bonds. The Bertz CT molecular complexity index is 460. The van der Waals surface area contributed by atoms with Crippen molar-refractivity contribution in [1.82, 2.24) is 4.98 Å². The van der Waals surface area contributed by atoms with Gasteiger partial charge in [-0.25, -0.2) is 0 Å². The Morgan fingerprint density at radius 2 is 2.20 bits per heavy atom. The molecule has 1 atom stereocenters. The van der Waals surface area contributed by atoms with Crippen molar-refractivity contribution in [1.29, 1.82) is 0 Å². The lowest BCUT2D eigenvalue weighted by Gasteiger charge is -2.01. The third-order valence-electron chi connectivity index (χ3n) is 2.51. The maximum absolute atomic E-state index is 5.92. The van der Waals surface area contributed by atoms with E-state index in [1.165, 1.54) is 11.1 Å². The molecule has 0 unspecified atom stereocenters. The molecule has 0 aliphatic carbocycles. The van der Waals surface area contributed by atoms with Crippen LogP contribution in [0, 0.1) is 0 Å². The quantitative estimate of drug-likeness (QED) is 0.824. The highest BCUT2D eigenvalue weighted by Gasteiger charge is 2.02. The lowest BCUT2D eigenvalue weighted by molar-refractivity contribution is 0.660. The summed E-state index contributed by atoms with van der Waals surface area (Å²) in [6, 6.07) is 8.27. The molecule has 0 bridgehead atoms. The number of benzene rings is 1. The summed E-state index contributed by atoms with van der Waals surface area (Å²) < 4.78 is 0. The summed E-state index contributed by atoms with van der Waals surface area (Å²) in [5, 5.41) is 1.95. The van der Waals surface area contributed by atoms with Crippen LogP contribution in [-0.4, -0.2) is 11.0 Å². The highest BCUT2D eigenvalue weighted by atomic mass is 35.5. The van der Waals surface area contributed by atoms with Crippen molar-refractivity contribution < 1.29 is 0 Å². The van der Waals surface area contributed by atoms with Gasteiger partial charge >= 0.3 is 0 Å². The van der Waals surface area contributed by atoms with Crippen molar-refractivity contribution in [2.45, 2.75) is 25.8 Å². The van der Waals surface area contributed by atoms with E-state index in [2.05, 4.69) is 11.1 Å². The number of nitrogens with one attached hydrogen (secondary N) is 1. The van der Waals surface area contributed by atoms with Crippen LogP contribution in [0.3, 0.4) is 0 Å². The number of fused-ring (bicyclic) bond motifs is 1. The van der Waals surface area contributed by atoms with Crippen LogP contribution >= 0.6 is 11.6 Å². The summed E-state index contributed by atoms with van der Waals surface area (Å²) in [4.78, 5) is 3.36. The second-order valence-corrected chi connectivity index (χ2v) is 4.48. The number of halogens is 1. The van der Waals surface area contributed by atoms with Crippen LogP contribution in [0.15, 0.2) is 24.3 Å². The number of aryl methyl sites for hydroxylation is 1. The number of hydrogen-bond acceptors (Lipinski definition) is 1. The zero-order valence-corrected chi connectivity index (χ0v) is 9.51. The van der Waals surface area contributed by atoms with Gasteiger partial charge in [0.25, 0.3) is 0 Å². The molecule has 80 valence electrons. The fourth-order valence-electron chi connectivity index (χ4n) is 1.68. The average molecular weight is 223 g/mol. The number of rotatable bonds is 3. The Hall–Kier alpha value is -0.990. The van der Waals surface area contributed by atoms with Gasteiger partial charge in [0.15, 0.2) is 0 Å². The zero-order chi connectivity index (χ0) is 10.8. The number of H-pyrrole nitrogens is 1. The predicted molar refractivity (Wildman–Crippen MR) is 65.3 cm³/mol. The lowest BCUT2D eigenvalue weighted by Crippen LogP contribution is -2.15. The van der Waals surface area contributed by atoms with Gasteiger partial charge in [0, 0.05) is 27.7 Å². The maximum atomic E-state index is 5.92. The summed E-state index contributed by atoms with van der Waals surface area (Å²) in [7, 11) is 0. The van der Waals surface area contributed by atoms with E-state index in [0.29, 0.717) is 0 Å². The van der Waals surface area contributed by atoms with E-state index in [1.807, 2.05) is 25.1 Å². The van der Waals surface area contributed by atoms with Crippen LogP contribution in [0.4, 0.5) is 0 Å². The Morgan fingerprint density at radius 1 is 1.40 bits per heavy atom. The van der Waals surface area contributed by atoms with Crippen molar-refractivity contribution in [2.24, 2.45) is 5.73 Å². The number of aromatic amines is 1. The first-order chi connectivity index (χ1) is 7.15. The summed E-state index contributed by atoms with van der Waals surface area (Å²) in [5.41, 5.74) is 8.09. The summed E-state index contributed by atoms with van der Waals surface area (Å²) in [6.07, 6.45) is 1.99. The molecule has 2 rings (SSSR count). The van der Waals surface area contributed by atoms with E-state index < -0.39 is 0 Å². The molecule has 3 heteroatoms. The smallest absolute Gasteiger partial charge is 0.0457 e. The molecule has 0 saturated carbocycles. The molecular formula is C12H15ClN2. The van der Waals surface area contributed by atoms with Crippen LogP contribution in [0.1, 0.15) is 19.0 Å². The number of hydrogen-bond donors (Lipinski definition) is 2. The fraction of sp³-hybridized carbons (Fsp3) is 0.333. The molecule has 0 saturated heterocycles. The molecule has 0 spiro atoms. The summed E-state index contributed by atoms with van der Waals surface area (Å²) in [6.45, 7) is 2.03. The standard InChI is InChI=1S/C12H15ClN2/c1-8(14)2-4-11-7-9-6-10(13)3-5-12(9)15-11/h3,5-8,15H,2,4,14H2,1H3/t8-/m0/s1. The molecule has 0 aliphatic heterocycles. The minimum Gasteiger partial charge on any atom is -0.358 e. The summed E-state index contributed by atoms with van der Waals surface area (Å²) in [5.74, 6) is 0. The van der Waals surface area contributed by atoms with Crippen molar-refractivity contribution in [3.63, 3.8) is 0 Å². The highest BCUT2D eigenvalue weighted by molar-refractivity contribution is 6.31. The average Bonchev–Trinajstić information content (AvgIpc) is 2.56. The molecule has 1 aromatic carbocycles. The maximum Gasteiger partial charge on any atom is 0.0457 e. The van der Waals surface area contributed by atoms with E-state index in [-0.39, 0.29) is 6.04 Å². The van der Waals surface area contributed by atoms with Crippen molar-refractivity contribution in [3.8, 4) is 0 Å². The van der Waals surface area contributed by atoms with Crippen LogP contribution < -0.4 is 5.73 Å². The van der Waals surface area contributed by atoms with E-state index in [1.54, 1.807) is 0 Å². The van der Waals surface area contributed by atoms with Crippen LogP contribution in [0.5, 0.6) is 0 Å². The molecule has 2 aromatic rings. The van der Waals surface area contributed by atoms with Gasteiger partial charge in [0.05, 0.1) is 0 Å². The van der Waals surface area contributed by atoms with E-state index in [0.717, 1.165) is 23.4 Å². The van der Waals surface area contributed by atoms with Crippen LogP contribution in [0.25, 0.3) is 10.9 Å². The minimum absolute atomic E-state index is 0.250. The topological polar surface area (TPSA) is 41.8 Å². The molecule has 1 aromatic heterocycles. The van der Waals surface area contributed by atoms with Gasteiger partial charge in [-0.2, -0.15) is 0 Å². The summed E-state index contributed by atoms with van der Waals surface area (Å²) >= 11 is 5.92. The second kappa shape index (κ2) is 4.25. The Morgan fingerprint density at radius 3 is 2.93 bits per heavy atom. The lowest BCUT2D eigenvalue weighted by atomic mass is 10.1. The molecule has 0 fully saturated rings. The van der Waals surface area contributed by atoms with Gasteiger partial charge in [-0.05, 0) is 44.0 Å². The first-order valence-electron chi connectivity index (χ1n) is 5.18. The van der Waals surface area contributed by atoms with E-state index in [9.17, 15) is 0 Å². The van der Waals surface area contributed by atoms with Crippen molar-refractivity contribution in [3.05, 3.63) is 35.0 Å². The normalized spacial score (nSPS) is 13.3. The molecule has 3 N–H and O–H groups in total. The van der Waals surface area contributed by atoms with Crippen molar-refractivity contribution >= 4 is 22.5 Å². The monoisotopic (exact) mass is 222 g/mol. The Balaban J connectivity index is 2.23. The van der Waals surface area contributed by atoms with E-state index >= 15 is 0 Å². The van der Waals surface area contributed by atoms with Gasteiger partial charge in [-0.1, -0.05) is 11.6 Å². The Labute approximate surface area is 94.4 Å². The van der Waals surface area contributed by atoms with Gasteiger partial charge in [0.1, 0.15) is 0 Å². The van der Waals surface area contributed by atoms with Crippen molar-refractivity contribution in [2.75, 3.05) is 0 Å². The van der Waals surface area contributed by atoms with Gasteiger partial charge < -0.3 is 10.7 Å². The number of aromatic nitrogens is 1. The van der Waals surface area contributed by atoms with Crippen LogP contribution in [0.2, 0.25) is 5.02 Å². The SMILES string of the molecule is C[C@H](N)CCc1cc2cc(Cl)ccc2[nH]1. The molecule has 15 heavy (non-hydrogen) atoms. The number of nitrogens with two attached hydrogens (primary N) is 1. The molecule has 0 radical (unpaired) electrons. The molecule has 0 aliphatic rings. The fourth-order valence-corrected chi connectivity index (χ4v) is 1.86. The molecule has 1 heterocycles. The molecule has 2 nitrogen and oxygen atoms in total. The van der Waals surface area contributed by atoms with E-state index in [4.69, 9.17) is 17.3 Å². The third-order valence-corrected chi connectivity index (χ3v) is 2.74. The van der Waals surface area contributed by atoms with Gasteiger partial charge in [0.2, 0.25) is 0 Å². The minimum atomic E-state index is 0.250. The zero-order valence-electron chi connectivity index (χ0n) is 8.76. The highest BCUT2D eigenvalue weighted by Crippen LogP contribution is 2.20. The third kappa shape index (κ3) is 2.52. The predicted octanol–water partition coefficient (Wildman–Crippen LogP) is 3.10. The van der Waals surface area contributed by atoms with Crippen LogP contribution in [-0.2, 0) is 6.42 Å². The first-order valence-corrected chi connectivity index (χ1v) is 5.55.